The molecule has 0 N–H and O–H groups in total. The van der Waals surface area contributed by atoms with Gasteiger partial charge in [-0.15, -0.1) is 0 Å². The molecule has 0 spiro atoms. The van der Waals surface area contributed by atoms with E-state index >= 15 is 0 Å². The Morgan fingerprint density at radius 3 is 2.29 bits per heavy atom. The van der Waals surface area contributed by atoms with E-state index in [-0.39, 0.29) is 24.1 Å². The van der Waals surface area contributed by atoms with Crippen molar-refractivity contribution >= 4 is 11.6 Å². The van der Waals surface area contributed by atoms with Crippen molar-refractivity contribution in [1.82, 2.24) is 9.88 Å². The number of nitro groups is 1. The highest BCUT2D eigenvalue weighted by molar-refractivity contribution is 5.79. The van der Waals surface area contributed by atoms with Crippen LogP contribution in [0.25, 0.3) is 0 Å². The van der Waals surface area contributed by atoms with Crippen molar-refractivity contribution in [2.45, 2.75) is 32.7 Å². The Labute approximate surface area is 141 Å². The molecule has 0 aliphatic heterocycles. The molecule has 2 aromatic rings. The van der Waals surface area contributed by atoms with Gasteiger partial charge in [0, 0.05) is 31.1 Å². The summed E-state index contributed by atoms with van der Waals surface area (Å²) in [6.07, 6.45) is 4.50. The Morgan fingerprint density at radius 1 is 1.17 bits per heavy atom. The Hall–Kier alpha value is -2.76. The van der Waals surface area contributed by atoms with Gasteiger partial charge in [-0.2, -0.15) is 0 Å². The highest BCUT2D eigenvalue weighted by Gasteiger charge is 2.22. The van der Waals surface area contributed by atoms with Crippen LogP contribution in [0.4, 0.5) is 5.69 Å². The zero-order valence-electron chi connectivity index (χ0n) is 13.9. The second-order valence-electron chi connectivity index (χ2n) is 5.48. The molecule has 0 saturated carbocycles. The van der Waals surface area contributed by atoms with Gasteiger partial charge in [-0.1, -0.05) is 19.1 Å². The lowest BCUT2D eigenvalue weighted by Gasteiger charge is -2.30. The standard InChI is InChI=1S/C18H21N3O3/c1-3-17(15-9-11-19-12-10-15)20(4-2)18(22)13-14-5-7-16(8-6-14)21(23)24/h5-12,17H,3-4,13H2,1-2H3. The first-order chi connectivity index (χ1) is 11.6. The normalized spacial score (nSPS) is 11.8. The molecule has 1 aromatic carbocycles. The quantitative estimate of drug-likeness (QED) is 0.576. The fourth-order valence-electron chi connectivity index (χ4n) is 2.80. The van der Waals surface area contributed by atoms with Crippen LogP contribution in [0.15, 0.2) is 48.8 Å². The first kappa shape index (κ1) is 17.6. The Balaban J connectivity index is 2.14. The number of hydrogen-bond acceptors (Lipinski definition) is 4. The summed E-state index contributed by atoms with van der Waals surface area (Å²) in [5.74, 6) is 0.00927. The average Bonchev–Trinajstić information content (AvgIpc) is 2.60. The molecule has 2 rings (SSSR count). The smallest absolute Gasteiger partial charge is 0.269 e. The summed E-state index contributed by atoms with van der Waals surface area (Å²) < 4.78 is 0. The van der Waals surface area contributed by atoms with E-state index in [1.807, 2.05) is 30.9 Å². The molecule has 6 heteroatoms. The minimum atomic E-state index is -0.444. The SMILES string of the molecule is CCC(c1ccncc1)N(CC)C(=O)Cc1ccc([N+](=O)[O-])cc1. The topological polar surface area (TPSA) is 76.3 Å². The van der Waals surface area contributed by atoms with Crippen LogP contribution in [0.2, 0.25) is 0 Å². The molecule has 126 valence electrons. The number of likely N-dealkylation sites (N-methyl/N-ethyl adjacent to an activating group) is 1. The maximum Gasteiger partial charge on any atom is 0.269 e. The van der Waals surface area contributed by atoms with Gasteiger partial charge >= 0.3 is 0 Å². The first-order valence-electron chi connectivity index (χ1n) is 7.99. The maximum absolute atomic E-state index is 12.7. The number of non-ortho nitro benzene ring substituents is 1. The van der Waals surface area contributed by atoms with Crippen LogP contribution in [0.3, 0.4) is 0 Å². The molecule has 24 heavy (non-hydrogen) atoms. The van der Waals surface area contributed by atoms with Crippen LogP contribution >= 0.6 is 0 Å². The van der Waals surface area contributed by atoms with Crippen LogP contribution in [0.1, 0.15) is 37.4 Å². The zero-order chi connectivity index (χ0) is 17.5. The monoisotopic (exact) mass is 327 g/mol. The van der Waals surface area contributed by atoms with E-state index in [1.54, 1.807) is 24.5 Å². The van der Waals surface area contributed by atoms with Crippen molar-refractivity contribution in [2.75, 3.05) is 6.54 Å². The summed E-state index contributed by atoms with van der Waals surface area (Å²) in [5, 5.41) is 10.7. The summed E-state index contributed by atoms with van der Waals surface area (Å²) in [4.78, 5) is 28.8. The second-order valence-corrected chi connectivity index (χ2v) is 5.48. The van der Waals surface area contributed by atoms with Gasteiger partial charge in [-0.05, 0) is 36.6 Å². The highest BCUT2D eigenvalue weighted by Crippen LogP contribution is 2.24. The molecule has 0 aliphatic rings. The van der Waals surface area contributed by atoms with Gasteiger partial charge in [-0.3, -0.25) is 19.9 Å². The van der Waals surface area contributed by atoms with Crippen molar-refractivity contribution in [3.05, 3.63) is 70.0 Å². The third kappa shape index (κ3) is 4.16. The molecule has 0 bridgehead atoms. The summed E-state index contributed by atoms with van der Waals surface area (Å²) in [7, 11) is 0. The number of rotatable bonds is 7. The first-order valence-corrected chi connectivity index (χ1v) is 7.99. The van der Waals surface area contributed by atoms with Crippen LogP contribution in [0, 0.1) is 10.1 Å². The lowest BCUT2D eigenvalue weighted by atomic mass is 10.0. The number of carbonyl (C=O) groups excluding carboxylic acids is 1. The van der Waals surface area contributed by atoms with E-state index < -0.39 is 4.92 Å². The van der Waals surface area contributed by atoms with Crippen molar-refractivity contribution in [2.24, 2.45) is 0 Å². The van der Waals surface area contributed by atoms with E-state index in [4.69, 9.17) is 0 Å². The lowest BCUT2D eigenvalue weighted by molar-refractivity contribution is -0.384. The fraction of sp³-hybridized carbons (Fsp3) is 0.333. The third-order valence-corrected chi connectivity index (χ3v) is 4.02. The Morgan fingerprint density at radius 2 is 1.79 bits per heavy atom. The lowest BCUT2D eigenvalue weighted by Crippen LogP contribution is -2.35. The molecule has 1 amide bonds. The van der Waals surface area contributed by atoms with Crippen molar-refractivity contribution in [1.29, 1.82) is 0 Å². The highest BCUT2D eigenvalue weighted by atomic mass is 16.6. The predicted molar refractivity (Wildman–Crippen MR) is 91.5 cm³/mol. The molecule has 0 fully saturated rings. The van der Waals surface area contributed by atoms with Crippen LogP contribution in [-0.2, 0) is 11.2 Å². The van der Waals surface area contributed by atoms with E-state index in [0.717, 1.165) is 17.5 Å². The number of amides is 1. The number of nitro benzene ring substituents is 1. The number of carbonyl (C=O) groups is 1. The largest absolute Gasteiger partial charge is 0.336 e. The minimum absolute atomic E-state index is 0.00329. The summed E-state index contributed by atoms with van der Waals surface area (Å²) in [6, 6.07) is 9.99. The van der Waals surface area contributed by atoms with Gasteiger partial charge < -0.3 is 4.90 Å². The number of hydrogen-bond donors (Lipinski definition) is 0. The van der Waals surface area contributed by atoms with Gasteiger partial charge in [-0.25, -0.2) is 0 Å². The van der Waals surface area contributed by atoms with Gasteiger partial charge in [0.05, 0.1) is 17.4 Å². The summed E-state index contributed by atoms with van der Waals surface area (Å²) in [5.41, 5.74) is 1.86. The van der Waals surface area contributed by atoms with Gasteiger partial charge in [0.1, 0.15) is 0 Å². The second kappa shape index (κ2) is 8.19. The molecule has 1 atom stereocenters. The molecular formula is C18H21N3O3. The summed E-state index contributed by atoms with van der Waals surface area (Å²) in [6.45, 7) is 4.61. The molecule has 0 saturated heterocycles. The van der Waals surface area contributed by atoms with Gasteiger partial charge in [0.25, 0.3) is 5.69 Å². The molecule has 0 aliphatic carbocycles. The zero-order valence-corrected chi connectivity index (χ0v) is 13.9. The molecule has 1 unspecified atom stereocenters. The van der Waals surface area contributed by atoms with E-state index in [1.165, 1.54) is 12.1 Å². The predicted octanol–water partition coefficient (Wildman–Crippen LogP) is 3.53. The molecule has 0 radical (unpaired) electrons. The third-order valence-electron chi connectivity index (χ3n) is 4.02. The van der Waals surface area contributed by atoms with Gasteiger partial charge in [0.15, 0.2) is 0 Å². The fourth-order valence-corrected chi connectivity index (χ4v) is 2.80. The number of aromatic nitrogens is 1. The van der Waals surface area contributed by atoms with Crippen molar-refractivity contribution in [3.63, 3.8) is 0 Å². The number of benzene rings is 1. The molecule has 1 aromatic heterocycles. The van der Waals surface area contributed by atoms with Crippen LogP contribution in [0.5, 0.6) is 0 Å². The van der Waals surface area contributed by atoms with Crippen LogP contribution in [-0.4, -0.2) is 27.3 Å². The Bertz CT molecular complexity index is 686. The van der Waals surface area contributed by atoms with Crippen molar-refractivity contribution in [3.8, 4) is 0 Å². The average molecular weight is 327 g/mol. The minimum Gasteiger partial charge on any atom is -0.336 e. The molecule has 1 heterocycles. The van der Waals surface area contributed by atoms with E-state index in [9.17, 15) is 14.9 Å². The molecule has 6 nitrogen and oxygen atoms in total. The van der Waals surface area contributed by atoms with Crippen molar-refractivity contribution < 1.29 is 9.72 Å². The number of nitrogens with zero attached hydrogens (tertiary/aromatic N) is 3. The Kier molecular flexibility index (Phi) is 6.01. The van der Waals surface area contributed by atoms with E-state index in [2.05, 4.69) is 4.98 Å². The van der Waals surface area contributed by atoms with E-state index in [0.29, 0.717) is 6.54 Å². The van der Waals surface area contributed by atoms with Crippen LogP contribution < -0.4 is 0 Å². The summed E-state index contributed by atoms with van der Waals surface area (Å²) >= 11 is 0. The number of pyridine rings is 1. The molecular weight excluding hydrogens is 306 g/mol. The van der Waals surface area contributed by atoms with Gasteiger partial charge in [0.2, 0.25) is 5.91 Å². The maximum atomic E-state index is 12.7.